The molecular weight excluding hydrogens is 658 g/mol. The molecular formula is C33H43N13O5. The number of amides is 5. The zero-order chi connectivity index (χ0) is 37.2. The summed E-state index contributed by atoms with van der Waals surface area (Å²) in [6, 6.07) is 3.07. The van der Waals surface area contributed by atoms with Crippen LogP contribution >= 0.6 is 0 Å². The second-order valence-electron chi connectivity index (χ2n) is 11.8. The summed E-state index contributed by atoms with van der Waals surface area (Å²) in [5, 5.41) is 21.9. The molecule has 18 heteroatoms. The van der Waals surface area contributed by atoms with Gasteiger partial charge < -0.3 is 49.8 Å². The number of likely N-dealkylation sites (N-methyl/N-ethyl adjacent to an activating group) is 1. The van der Waals surface area contributed by atoms with Crippen molar-refractivity contribution in [3.05, 3.63) is 78.4 Å². The van der Waals surface area contributed by atoms with Gasteiger partial charge in [0.2, 0.25) is 5.91 Å². The van der Waals surface area contributed by atoms with Crippen LogP contribution in [-0.4, -0.2) is 88.6 Å². The predicted molar refractivity (Wildman–Crippen MR) is 190 cm³/mol. The Kier molecular flexibility index (Phi) is 12.3. The van der Waals surface area contributed by atoms with Crippen LogP contribution in [0.3, 0.4) is 0 Å². The lowest BCUT2D eigenvalue weighted by molar-refractivity contribution is -0.116. The number of carbonyl (C=O) groups is 5. The van der Waals surface area contributed by atoms with E-state index in [2.05, 4.69) is 36.6 Å². The molecule has 0 bridgehead atoms. The zero-order valence-corrected chi connectivity index (χ0v) is 29.4. The van der Waals surface area contributed by atoms with Crippen LogP contribution < -0.4 is 26.6 Å². The molecule has 0 aromatic carbocycles. The topological polar surface area (TPSA) is 218 Å². The molecule has 0 aliphatic heterocycles. The number of aromatic nitrogens is 6. The Morgan fingerprint density at radius 3 is 2.04 bits per heavy atom. The molecule has 4 aromatic rings. The van der Waals surface area contributed by atoms with Crippen LogP contribution in [0.1, 0.15) is 56.7 Å². The van der Waals surface area contributed by atoms with Crippen molar-refractivity contribution in [1.82, 2.24) is 43.8 Å². The first-order valence-corrected chi connectivity index (χ1v) is 16.0. The van der Waals surface area contributed by atoms with Crippen LogP contribution in [0, 0.1) is 12.3 Å². The number of carbonyl (C=O) groups excluding carboxylic acids is 5. The van der Waals surface area contributed by atoms with Gasteiger partial charge in [-0.1, -0.05) is 6.08 Å². The quantitative estimate of drug-likeness (QED) is 0.0645. The van der Waals surface area contributed by atoms with E-state index in [0.717, 1.165) is 5.82 Å². The zero-order valence-electron chi connectivity index (χ0n) is 29.4. The molecule has 0 spiro atoms. The van der Waals surface area contributed by atoms with Crippen molar-refractivity contribution in [3.8, 4) is 0 Å². The molecule has 0 aliphatic rings. The van der Waals surface area contributed by atoms with E-state index >= 15 is 0 Å². The second-order valence-corrected chi connectivity index (χ2v) is 11.8. The molecule has 0 aliphatic carbocycles. The molecule has 0 saturated heterocycles. The van der Waals surface area contributed by atoms with E-state index in [-0.39, 0.29) is 48.9 Å². The third-order valence-electron chi connectivity index (χ3n) is 7.75. The third kappa shape index (κ3) is 10.0. The fraction of sp³-hybridized carbons (Fsp3) is 0.333. The average Bonchev–Trinajstić information content (AvgIpc) is 3.85. The van der Waals surface area contributed by atoms with Crippen molar-refractivity contribution < 1.29 is 24.0 Å². The number of hydrogen-bond acceptors (Lipinski definition) is 8. The predicted octanol–water partition coefficient (Wildman–Crippen LogP) is 1.72. The lowest BCUT2D eigenvalue weighted by atomic mass is 10.3. The van der Waals surface area contributed by atoms with Gasteiger partial charge in [-0.15, -0.1) is 0 Å². The minimum absolute atomic E-state index is 0.202. The summed E-state index contributed by atoms with van der Waals surface area (Å²) in [7, 11) is 8.44. The number of hydrogen-bond donors (Lipinski definition) is 6. The van der Waals surface area contributed by atoms with Gasteiger partial charge in [0, 0.05) is 91.9 Å². The van der Waals surface area contributed by atoms with Crippen LogP contribution in [0.4, 0.5) is 17.2 Å². The van der Waals surface area contributed by atoms with Crippen molar-refractivity contribution >= 4 is 52.6 Å². The third-order valence-corrected chi connectivity index (χ3v) is 7.75. The SMILES string of the molecule is Cc1nc(NC(=O)CCCNC(=O)c2cc(NC(=O)C(=N)N(C)/C=C/CCNC(=O)c3cc(NC(=O)c4nccn4C)cn3C)cn2C)cn1C. The molecule has 5 amide bonds. The summed E-state index contributed by atoms with van der Waals surface area (Å²) in [5.41, 5.74) is 1.43. The molecule has 0 saturated carbocycles. The van der Waals surface area contributed by atoms with Gasteiger partial charge in [0.05, 0.1) is 11.4 Å². The van der Waals surface area contributed by atoms with Gasteiger partial charge in [0.15, 0.2) is 17.5 Å². The number of rotatable bonds is 14. The van der Waals surface area contributed by atoms with E-state index in [1.165, 1.54) is 17.2 Å². The Labute approximate surface area is 294 Å². The highest BCUT2D eigenvalue weighted by Crippen LogP contribution is 2.15. The van der Waals surface area contributed by atoms with E-state index in [1.807, 2.05) is 14.0 Å². The van der Waals surface area contributed by atoms with Gasteiger partial charge in [-0.05, 0) is 31.9 Å². The maximum atomic E-state index is 12.7. The van der Waals surface area contributed by atoms with Crippen molar-refractivity contribution in [3.63, 3.8) is 0 Å². The molecule has 6 N–H and O–H groups in total. The highest BCUT2D eigenvalue weighted by Gasteiger charge is 2.18. The molecule has 0 fully saturated rings. The summed E-state index contributed by atoms with van der Waals surface area (Å²) < 4.78 is 6.55. The van der Waals surface area contributed by atoms with Crippen LogP contribution in [0.15, 0.2) is 55.4 Å². The fourth-order valence-electron chi connectivity index (χ4n) is 4.87. The first kappa shape index (κ1) is 37.4. The number of anilines is 3. The van der Waals surface area contributed by atoms with Crippen molar-refractivity contribution in [2.75, 3.05) is 36.1 Å². The summed E-state index contributed by atoms with van der Waals surface area (Å²) >= 11 is 0. The molecule has 4 aromatic heterocycles. The van der Waals surface area contributed by atoms with Crippen LogP contribution in [-0.2, 0) is 37.8 Å². The van der Waals surface area contributed by atoms with E-state index < -0.39 is 11.8 Å². The van der Waals surface area contributed by atoms with E-state index in [1.54, 1.807) is 89.6 Å². The molecule has 0 unspecified atom stereocenters. The molecule has 0 atom stereocenters. The number of amidine groups is 1. The van der Waals surface area contributed by atoms with Gasteiger partial charge in [0.1, 0.15) is 17.2 Å². The van der Waals surface area contributed by atoms with Gasteiger partial charge in [-0.2, -0.15) is 0 Å². The summed E-state index contributed by atoms with van der Waals surface area (Å²) in [4.78, 5) is 72.3. The number of aryl methyl sites for hydroxylation is 5. The van der Waals surface area contributed by atoms with Crippen molar-refractivity contribution in [2.24, 2.45) is 28.2 Å². The van der Waals surface area contributed by atoms with Gasteiger partial charge in [-0.25, -0.2) is 9.97 Å². The lowest BCUT2D eigenvalue weighted by Crippen LogP contribution is -2.33. The Bertz CT molecular complexity index is 1940. The van der Waals surface area contributed by atoms with Gasteiger partial charge in [-0.3, -0.25) is 29.4 Å². The molecule has 4 heterocycles. The van der Waals surface area contributed by atoms with E-state index in [9.17, 15) is 24.0 Å². The van der Waals surface area contributed by atoms with E-state index in [4.69, 9.17) is 5.41 Å². The van der Waals surface area contributed by atoms with Gasteiger partial charge >= 0.3 is 0 Å². The molecule has 4 rings (SSSR count). The maximum absolute atomic E-state index is 12.7. The first-order valence-electron chi connectivity index (χ1n) is 16.0. The molecule has 0 radical (unpaired) electrons. The standard InChI is InChI=1S/C33H43N13O5/c1-21-38-26(20-44(21)4)41-27(47)10-9-12-37-31(49)24-16-22(18-45(24)5)39-32(50)28(34)42(2)14-8-7-11-36-30(48)25-17-23(19-46(25)6)40-33(51)29-35-13-15-43(29)3/h8,13-20,34H,7,9-12H2,1-6H3,(H,36,48)(H,37,49)(H,39,50)(H,40,51)(H,41,47)/b14-8+,34-28?. The number of nitrogens with zero attached hydrogens (tertiary/aromatic N) is 7. The highest BCUT2D eigenvalue weighted by molar-refractivity contribution is 6.41. The Hall–Kier alpha value is -6.46. The minimum atomic E-state index is -0.684. The van der Waals surface area contributed by atoms with Crippen molar-refractivity contribution in [1.29, 1.82) is 5.41 Å². The Morgan fingerprint density at radius 2 is 1.45 bits per heavy atom. The summed E-state index contributed by atoms with van der Waals surface area (Å²) in [6.45, 7) is 2.39. The largest absolute Gasteiger partial charge is 0.351 e. The number of nitrogens with one attached hydrogen (secondary N) is 6. The van der Waals surface area contributed by atoms with E-state index in [0.29, 0.717) is 41.4 Å². The summed E-state index contributed by atoms with van der Waals surface area (Å²) in [6.07, 6.45) is 12.4. The fourth-order valence-corrected chi connectivity index (χ4v) is 4.87. The molecule has 18 nitrogen and oxygen atoms in total. The van der Waals surface area contributed by atoms with Crippen molar-refractivity contribution in [2.45, 2.75) is 26.2 Å². The highest BCUT2D eigenvalue weighted by atomic mass is 16.2. The smallest absolute Gasteiger partial charge is 0.291 e. The van der Waals surface area contributed by atoms with Gasteiger partial charge in [0.25, 0.3) is 23.6 Å². The Balaban J connectivity index is 1.16. The lowest BCUT2D eigenvalue weighted by Gasteiger charge is -2.14. The van der Waals surface area contributed by atoms with Crippen LogP contribution in [0.2, 0.25) is 0 Å². The second kappa shape index (κ2) is 16.8. The first-order chi connectivity index (χ1) is 24.2. The molecule has 270 valence electrons. The summed E-state index contributed by atoms with van der Waals surface area (Å²) in [5.74, 6) is -0.837. The van der Waals surface area contributed by atoms with Crippen LogP contribution in [0.25, 0.3) is 0 Å². The Morgan fingerprint density at radius 1 is 0.824 bits per heavy atom. The molecule has 51 heavy (non-hydrogen) atoms. The van der Waals surface area contributed by atoms with Crippen LogP contribution in [0.5, 0.6) is 0 Å². The minimum Gasteiger partial charge on any atom is -0.351 e. The monoisotopic (exact) mass is 701 g/mol. The number of imidazole rings is 2. The normalized spacial score (nSPS) is 10.9. The maximum Gasteiger partial charge on any atom is 0.291 e. The average molecular weight is 702 g/mol.